The third kappa shape index (κ3) is 5.28. The highest BCUT2D eigenvalue weighted by molar-refractivity contribution is 5.95. The number of hydrogen-bond donors (Lipinski definition) is 2. The number of carbonyl (C=O) groups is 1. The monoisotopic (exact) mass is 266 g/mol. The maximum absolute atomic E-state index is 11.9. The molecule has 0 aliphatic carbocycles. The summed E-state index contributed by atoms with van der Waals surface area (Å²) in [5.41, 5.74) is 1.36. The van der Waals surface area contributed by atoms with Crippen LogP contribution in [0.5, 0.6) is 5.75 Å². The lowest BCUT2D eigenvalue weighted by atomic mass is 10.1. The molecule has 1 aromatic rings. The molecular weight excluding hydrogens is 244 g/mol. The number of aromatic hydroxyl groups is 1. The van der Waals surface area contributed by atoms with E-state index >= 15 is 0 Å². The van der Waals surface area contributed by atoms with Crippen LogP contribution in [0.25, 0.3) is 0 Å². The normalized spacial score (nSPS) is 10.7. The number of carbonyl (C=O) groups excluding carboxylic acids is 1. The molecule has 0 radical (unpaired) electrons. The predicted molar refractivity (Wildman–Crippen MR) is 74.6 cm³/mol. The Bertz CT molecular complexity index is 421. The number of ether oxygens (including phenoxy) is 1. The molecule has 0 saturated carbocycles. The molecule has 0 aliphatic heterocycles. The first-order valence-corrected chi connectivity index (χ1v) is 6.30. The first-order valence-electron chi connectivity index (χ1n) is 6.30. The van der Waals surface area contributed by atoms with Crippen LogP contribution in [0, 0.1) is 6.92 Å². The lowest BCUT2D eigenvalue weighted by Gasteiger charge is -2.16. The Morgan fingerprint density at radius 2 is 2.16 bits per heavy atom. The average Bonchev–Trinajstić information content (AvgIpc) is 2.36. The summed E-state index contributed by atoms with van der Waals surface area (Å²) in [5.74, 6) is 0.0611. The molecule has 2 N–H and O–H groups in total. The van der Waals surface area contributed by atoms with Crippen molar-refractivity contribution in [2.24, 2.45) is 0 Å². The van der Waals surface area contributed by atoms with Gasteiger partial charge in [0.2, 0.25) is 0 Å². The highest BCUT2D eigenvalue weighted by atomic mass is 16.5. The minimum atomic E-state index is -0.113. The van der Waals surface area contributed by atoms with E-state index < -0.39 is 0 Å². The Labute approximate surface area is 114 Å². The summed E-state index contributed by atoms with van der Waals surface area (Å²) in [7, 11) is 3.65. The quantitative estimate of drug-likeness (QED) is 0.773. The van der Waals surface area contributed by atoms with Gasteiger partial charge in [0.25, 0.3) is 5.91 Å². The van der Waals surface area contributed by atoms with Crippen molar-refractivity contribution in [3.8, 4) is 5.75 Å². The number of phenols is 1. The van der Waals surface area contributed by atoms with Crippen molar-refractivity contribution in [3.63, 3.8) is 0 Å². The van der Waals surface area contributed by atoms with Gasteiger partial charge in [-0.25, -0.2) is 0 Å². The lowest BCUT2D eigenvalue weighted by Crippen LogP contribution is -2.34. The van der Waals surface area contributed by atoms with Gasteiger partial charge < -0.3 is 20.1 Å². The Morgan fingerprint density at radius 1 is 1.42 bits per heavy atom. The molecular formula is C14H22N2O3. The molecule has 1 amide bonds. The maximum atomic E-state index is 11.9. The fraction of sp³-hybridized carbons (Fsp3) is 0.500. The van der Waals surface area contributed by atoms with Gasteiger partial charge in [-0.3, -0.25) is 4.79 Å². The van der Waals surface area contributed by atoms with Crippen LogP contribution in [0.4, 0.5) is 0 Å². The third-order valence-corrected chi connectivity index (χ3v) is 2.91. The molecule has 106 valence electrons. The summed E-state index contributed by atoms with van der Waals surface area (Å²) in [6.45, 7) is 4.68. The van der Waals surface area contributed by atoms with E-state index in [0.29, 0.717) is 18.7 Å². The van der Waals surface area contributed by atoms with Crippen molar-refractivity contribution in [2.45, 2.75) is 6.92 Å². The number of aryl methyl sites for hydroxylation is 1. The number of phenolic OH excluding ortho intramolecular Hbond substituents is 1. The second-order valence-corrected chi connectivity index (χ2v) is 4.55. The van der Waals surface area contributed by atoms with Crippen molar-refractivity contribution < 1.29 is 14.6 Å². The van der Waals surface area contributed by atoms with E-state index in [-0.39, 0.29) is 11.7 Å². The van der Waals surface area contributed by atoms with E-state index in [1.807, 2.05) is 7.05 Å². The summed E-state index contributed by atoms with van der Waals surface area (Å²) in [5, 5.41) is 12.2. The zero-order valence-electron chi connectivity index (χ0n) is 11.8. The summed E-state index contributed by atoms with van der Waals surface area (Å²) in [4.78, 5) is 14.0. The number of nitrogens with zero attached hydrogens (tertiary/aromatic N) is 1. The van der Waals surface area contributed by atoms with E-state index in [2.05, 4.69) is 10.2 Å². The van der Waals surface area contributed by atoms with Crippen LogP contribution < -0.4 is 5.32 Å². The maximum Gasteiger partial charge on any atom is 0.251 e. The summed E-state index contributed by atoms with van der Waals surface area (Å²) in [6, 6.07) is 4.74. The zero-order valence-corrected chi connectivity index (χ0v) is 11.8. The molecule has 0 unspecified atom stereocenters. The summed E-state index contributed by atoms with van der Waals surface area (Å²) in [6.07, 6.45) is 0. The number of likely N-dealkylation sites (N-methyl/N-ethyl adjacent to an activating group) is 1. The predicted octanol–water partition coefficient (Wildman–Crippen LogP) is 1.01. The largest absolute Gasteiger partial charge is 0.508 e. The number of amides is 1. The Morgan fingerprint density at radius 3 is 2.79 bits per heavy atom. The van der Waals surface area contributed by atoms with Crippen molar-refractivity contribution >= 4 is 5.91 Å². The number of hydrogen-bond acceptors (Lipinski definition) is 4. The van der Waals surface area contributed by atoms with Crippen LogP contribution in [-0.4, -0.2) is 56.3 Å². The highest BCUT2D eigenvalue weighted by Gasteiger charge is 2.09. The van der Waals surface area contributed by atoms with Crippen LogP contribution >= 0.6 is 0 Å². The van der Waals surface area contributed by atoms with Gasteiger partial charge in [-0.15, -0.1) is 0 Å². The lowest BCUT2D eigenvalue weighted by molar-refractivity contribution is 0.0947. The van der Waals surface area contributed by atoms with E-state index in [9.17, 15) is 9.90 Å². The van der Waals surface area contributed by atoms with Crippen LogP contribution in [0.1, 0.15) is 15.9 Å². The van der Waals surface area contributed by atoms with Gasteiger partial charge in [-0.2, -0.15) is 0 Å². The van der Waals surface area contributed by atoms with Crippen LogP contribution in [-0.2, 0) is 4.74 Å². The first kappa shape index (κ1) is 15.5. The molecule has 1 rings (SSSR count). The number of rotatable bonds is 7. The Kier molecular flexibility index (Phi) is 6.32. The topological polar surface area (TPSA) is 61.8 Å². The molecule has 5 heteroatoms. The van der Waals surface area contributed by atoms with E-state index in [0.717, 1.165) is 18.7 Å². The highest BCUT2D eigenvalue weighted by Crippen LogP contribution is 2.15. The molecule has 0 fully saturated rings. The molecule has 0 spiro atoms. The first-order chi connectivity index (χ1) is 9.04. The van der Waals surface area contributed by atoms with Crippen LogP contribution in [0.3, 0.4) is 0 Å². The standard InChI is InChI=1S/C14H22N2O3/c1-11-10-12(17)4-5-13(11)14(18)15-6-7-16(2)8-9-19-3/h4-5,10,17H,6-9H2,1-3H3,(H,15,18). The fourth-order valence-corrected chi connectivity index (χ4v) is 1.72. The van der Waals surface area contributed by atoms with E-state index in [4.69, 9.17) is 4.74 Å². The Balaban J connectivity index is 2.39. The molecule has 0 aliphatic rings. The minimum absolute atomic E-state index is 0.113. The van der Waals surface area contributed by atoms with Crippen molar-refractivity contribution in [1.82, 2.24) is 10.2 Å². The van der Waals surface area contributed by atoms with Crippen molar-refractivity contribution in [3.05, 3.63) is 29.3 Å². The molecule has 0 heterocycles. The molecule has 0 atom stereocenters. The van der Waals surface area contributed by atoms with Crippen LogP contribution in [0.15, 0.2) is 18.2 Å². The van der Waals surface area contributed by atoms with Gasteiger partial charge in [0.1, 0.15) is 5.75 Å². The summed E-state index contributed by atoms with van der Waals surface area (Å²) < 4.78 is 4.98. The number of nitrogens with one attached hydrogen (secondary N) is 1. The molecule has 0 saturated heterocycles. The Hall–Kier alpha value is -1.59. The van der Waals surface area contributed by atoms with Gasteiger partial charge >= 0.3 is 0 Å². The minimum Gasteiger partial charge on any atom is -0.508 e. The molecule has 19 heavy (non-hydrogen) atoms. The second kappa shape index (κ2) is 7.76. The SMILES string of the molecule is COCCN(C)CCNC(=O)c1ccc(O)cc1C. The van der Waals surface area contributed by atoms with Gasteiger partial charge in [0.05, 0.1) is 6.61 Å². The number of methoxy groups -OCH3 is 1. The second-order valence-electron chi connectivity index (χ2n) is 4.55. The van der Waals surface area contributed by atoms with Gasteiger partial charge in [-0.1, -0.05) is 0 Å². The number of benzene rings is 1. The smallest absolute Gasteiger partial charge is 0.251 e. The van der Waals surface area contributed by atoms with Gasteiger partial charge in [-0.05, 0) is 37.7 Å². The average molecular weight is 266 g/mol. The molecule has 1 aromatic carbocycles. The van der Waals surface area contributed by atoms with Crippen molar-refractivity contribution in [1.29, 1.82) is 0 Å². The summed E-state index contributed by atoms with van der Waals surface area (Å²) >= 11 is 0. The van der Waals surface area contributed by atoms with Crippen molar-refractivity contribution in [2.75, 3.05) is 40.4 Å². The van der Waals surface area contributed by atoms with E-state index in [1.54, 1.807) is 26.2 Å². The zero-order chi connectivity index (χ0) is 14.3. The van der Waals surface area contributed by atoms with E-state index in [1.165, 1.54) is 6.07 Å². The van der Waals surface area contributed by atoms with Crippen LogP contribution in [0.2, 0.25) is 0 Å². The molecule has 0 aromatic heterocycles. The third-order valence-electron chi connectivity index (χ3n) is 2.91. The fourth-order valence-electron chi connectivity index (χ4n) is 1.72. The molecule has 0 bridgehead atoms. The van der Waals surface area contributed by atoms with Gasteiger partial charge in [0, 0.05) is 32.3 Å². The molecule has 5 nitrogen and oxygen atoms in total. The van der Waals surface area contributed by atoms with Gasteiger partial charge in [0.15, 0.2) is 0 Å².